The summed E-state index contributed by atoms with van der Waals surface area (Å²) in [5.41, 5.74) is 1.62. The Morgan fingerprint density at radius 3 is 2.76 bits per heavy atom. The average molecular weight is 249 g/mol. The number of aromatic nitrogens is 3. The molecule has 0 atom stereocenters. The monoisotopic (exact) mass is 248 g/mol. The van der Waals surface area contributed by atoms with Crippen LogP contribution in [0.4, 0.5) is 0 Å². The molecule has 2 aromatic rings. The lowest BCUT2D eigenvalue weighted by molar-refractivity contribution is 0.181. The van der Waals surface area contributed by atoms with Crippen LogP contribution in [-0.4, -0.2) is 21.9 Å². The van der Waals surface area contributed by atoms with Crippen LogP contribution in [-0.2, 0) is 11.3 Å². The lowest BCUT2D eigenvalue weighted by atomic mass is 10.3. The lowest BCUT2D eigenvalue weighted by Gasteiger charge is -2.00. The number of ether oxygens (including phenoxy) is 1. The number of nitrogens with zero attached hydrogens (tertiary/aromatic N) is 4. The molecule has 0 unspecified atom stereocenters. The lowest BCUT2D eigenvalue weighted by Crippen LogP contribution is -1.98. The molecule has 0 N–H and O–H groups in total. The Morgan fingerprint density at radius 2 is 2.18 bits per heavy atom. The summed E-state index contributed by atoms with van der Waals surface area (Å²) in [6.45, 7) is 0.251. The molecule has 0 saturated heterocycles. The number of hydrogen-bond acceptors (Lipinski definition) is 4. The van der Waals surface area contributed by atoms with E-state index in [9.17, 15) is 0 Å². The molecule has 0 fully saturated rings. The van der Waals surface area contributed by atoms with Gasteiger partial charge in [0.25, 0.3) is 0 Å². The quantitative estimate of drug-likeness (QED) is 0.833. The number of methoxy groups -OCH3 is 1. The Hall–Kier alpha value is -1.90. The first-order valence-corrected chi connectivity index (χ1v) is 5.22. The number of pyridine rings is 1. The molecule has 6 heteroatoms. The molecule has 86 valence electrons. The molecule has 0 bridgehead atoms. The fraction of sp³-hybridized carbons (Fsp3) is 0.182. The first-order valence-electron chi connectivity index (χ1n) is 4.84. The summed E-state index contributed by atoms with van der Waals surface area (Å²) < 4.78 is 6.47. The van der Waals surface area contributed by atoms with Crippen LogP contribution in [0, 0.1) is 11.3 Å². The maximum Gasteiger partial charge on any atom is 0.151 e. The van der Waals surface area contributed by atoms with E-state index in [4.69, 9.17) is 21.6 Å². The maximum atomic E-state index is 9.03. The van der Waals surface area contributed by atoms with E-state index in [1.807, 2.05) is 6.07 Å². The van der Waals surface area contributed by atoms with Gasteiger partial charge < -0.3 is 4.74 Å². The zero-order chi connectivity index (χ0) is 12.3. The molecule has 2 rings (SSSR count). The first kappa shape index (κ1) is 11.6. The van der Waals surface area contributed by atoms with Gasteiger partial charge in [0.2, 0.25) is 0 Å². The Morgan fingerprint density at radius 1 is 1.47 bits per heavy atom. The molecule has 2 heterocycles. The SMILES string of the molecule is COCc1nn(-c2ccncc2)c(Cl)c1C#N. The largest absolute Gasteiger partial charge is 0.378 e. The summed E-state index contributed by atoms with van der Waals surface area (Å²) in [7, 11) is 1.54. The van der Waals surface area contributed by atoms with Gasteiger partial charge in [-0.15, -0.1) is 0 Å². The van der Waals surface area contributed by atoms with Crippen LogP contribution in [0.15, 0.2) is 24.5 Å². The molecule has 5 nitrogen and oxygen atoms in total. The van der Waals surface area contributed by atoms with Gasteiger partial charge in [0.1, 0.15) is 17.3 Å². The van der Waals surface area contributed by atoms with Gasteiger partial charge >= 0.3 is 0 Å². The highest BCUT2D eigenvalue weighted by molar-refractivity contribution is 6.31. The topological polar surface area (TPSA) is 63.7 Å². The smallest absolute Gasteiger partial charge is 0.151 e. The van der Waals surface area contributed by atoms with Crippen LogP contribution in [0.25, 0.3) is 5.69 Å². The molecule has 0 radical (unpaired) electrons. The van der Waals surface area contributed by atoms with Crippen molar-refractivity contribution in [2.24, 2.45) is 0 Å². The minimum atomic E-state index is 0.251. The molecular formula is C11H9ClN4O. The molecule has 0 spiro atoms. The Balaban J connectivity index is 2.54. The highest BCUT2D eigenvalue weighted by atomic mass is 35.5. The van der Waals surface area contributed by atoms with E-state index in [-0.39, 0.29) is 11.8 Å². The number of hydrogen-bond donors (Lipinski definition) is 0. The minimum absolute atomic E-state index is 0.251. The second kappa shape index (κ2) is 4.95. The Labute approximate surface area is 103 Å². The van der Waals surface area contributed by atoms with Crippen molar-refractivity contribution in [2.45, 2.75) is 6.61 Å². The van der Waals surface area contributed by atoms with E-state index in [0.29, 0.717) is 11.3 Å². The van der Waals surface area contributed by atoms with Gasteiger partial charge in [-0.3, -0.25) is 4.98 Å². The fourth-order valence-corrected chi connectivity index (χ4v) is 1.73. The predicted octanol–water partition coefficient (Wildman–Crippen LogP) is 1.94. The van der Waals surface area contributed by atoms with E-state index in [1.165, 1.54) is 4.68 Å². The summed E-state index contributed by atoms with van der Waals surface area (Å²) in [4.78, 5) is 3.91. The van der Waals surface area contributed by atoms with Crippen LogP contribution < -0.4 is 0 Å². The van der Waals surface area contributed by atoms with Crippen LogP contribution in [0.2, 0.25) is 5.15 Å². The Bertz CT molecular complexity index is 559. The molecule has 17 heavy (non-hydrogen) atoms. The molecule has 2 aromatic heterocycles. The van der Waals surface area contributed by atoms with Gasteiger partial charge in [-0.25, -0.2) is 4.68 Å². The zero-order valence-electron chi connectivity index (χ0n) is 9.09. The number of rotatable bonds is 3. The first-order chi connectivity index (χ1) is 8.27. The Kier molecular flexibility index (Phi) is 3.38. The predicted molar refractivity (Wildman–Crippen MR) is 61.8 cm³/mol. The molecule has 0 aliphatic heterocycles. The number of halogens is 1. The summed E-state index contributed by atoms with van der Waals surface area (Å²) in [5, 5.41) is 13.6. The maximum absolute atomic E-state index is 9.03. The van der Waals surface area contributed by atoms with Crippen LogP contribution in [0.1, 0.15) is 11.3 Å². The van der Waals surface area contributed by atoms with Crippen molar-refractivity contribution in [1.29, 1.82) is 5.26 Å². The van der Waals surface area contributed by atoms with E-state index in [1.54, 1.807) is 31.6 Å². The van der Waals surface area contributed by atoms with Gasteiger partial charge in [0.15, 0.2) is 5.15 Å². The average Bonchev–Trinajstić information content (AvgIpc) is 2.67. The summed E-state index contributed by atoms with van der Waals surface area (Å²) in [5.74, 6) is 0. The van der Waals surface area contributed by atoms with E-state index in [0.717, 1.165) is 5.69 Å². The highest BCUT2D eigenvalue weighted by Gasteiger charge is 2.16. The molecule has 0 aromatic carbocycles. The van der Waals surface area contributed by atoms with E-state index >= 15 is 0 Å². The van der Waals surface area contributed by atoms with Crippen LogP contribution in [0.3, 0.4) is 0 Å². The van der Waals surface area contributed by atoms with Crippen molar-refractivity contribution in [3.63, 3.8) is 0 Å². The van der Waals surface area contributed by atoms with Crippen LogP contribution in [0.5, 0.6) is 0 Å². The normalized spacial score (nSPS) is 10.2. The van der Waals surface area contributed by atoms with Gasteiger partial charge in [-0.2, -0.15) is 10.4 Å². The van der Waals surface area contributed by atoms with Crippen molar-refractivity contribution in [1.82, 2.24) is 14.8 Å². The van der Waals surface area contributed by atoms with Gasteiger partial charge in [-0.1, -0.05) is 11.6 Å². The van der Waals surface area contributed by atoms with Crippen LogP contribution >= 0.6 is 11.6 Å². The molecule has 0 aliphatic rings. The van der Waals surface area contributed by atoms with Crippen molar-refractivity contribution in [3.05, 3.63) is 40.9 Å². The third kappa shape index (κ3) is 2.13. The van der Waals surface area contributed by atoms with Crippen molar-refractivity contribution < 1.29 is 4.74 Å². The third-order valence-corrected chi connectivity index (χ3v) is 2.55. The third-order valence-electron chi connectivity index (χ3n) is 2.20. The molecule has 0 amide bonds. The van der Waals surface area contributed by atoms with Gasteiger partial charge in [0, 0.05) is 19.5 Å². The van der Waals surface area contributed by atoms with Gasteiger partial charge in [-0.05, 0) is 12.1 Å². The van der Waals surface area contributed by atoms with E-state index in [2.05, 4.69) is 10.1 Å². The number of nitriles is 1. The molecule has 0 saturated carbocycles. The van der Waals surface area contributed by atoms with Gasteiger partial charge in [0.05, 0.1) is 12.3 Å². The zero-order valence-corrected chi connectivity index (χ0v) is 9.85. The summed E-state index contributed by atoms with van der Waals surface area (Å²) in [6, 6.07) is 5.55. The molecular weight excluding hydrogens is 240 g/mol. The summed E-state index contributed by atoms with van der Waals surface area (Å²) >= 11 is 6.10. The van der Waals surface area contributed by atoms with Crippen molar-refractivity contribution in [2.75, 3.05) is 7.11 Å². The second-order valence-electron chi connectivity index (χ2n) is 3.27. The van der Waals surface area contributed by atoms with Crippen molar-refractivity contribution in [3.8, 4) is 11.8 Å². The second-order valence-corrected chi connectivity index (χ2v) is 3.63. The standard InChI is InChI=1S/C11H9ClN4O/c1-17-7-10-9(6-13)11(12)16(15-10)8-2-4-14-5-3-8/h2-5H,7H2,1H3. The fourth-order valence-electron chi connectivity index (χ4n) is 1.44. The van der Waals surface area contributed by atoms with Crippen molar-refractivity contribution >= 4 is 11.6 Å². The molecule has 0 aliphatic carbocycles. The minimum Gasteiger partial charge on any atom is -0.378 e. The summed E-state index contributed by atoms with van der Waals surface area (Å²) in [6.07, 6.45) is 3.27. The van der Waals surface area contributed by atoms with E-state index < -0.39 is 0 Å². The highest BCUT2D eigenvalue weighted by Crippen LogP contribution is 2.23.